The van der Waals surface area contributed by atoms with Crippen LogP contribution in [0.5, 0.6) is 0 Å². The third-order valence-electron chi connectivity index (χ3n) is 3.28. The molecule has 0 aromatic heterocycles. The zero-order chi connectivity index (χ0) is 11.9. The highest BCUT2D eigenvalue weighted by molar-refractivity contribution is 9.09. The molecule has 2 aliphatic rings. The highest BCUT2D eigenvalue weighted by atomic mass is 79.9. The molecule has 16 heavy (non-hydrogen) atoms. The summed E-state index contributed by atoms with van der Waals surface area (Å²) in [4.78, 5) is 14.6. The Morgan fingerprint density at radius 3 is 2.19 bits per heavy atom. The Morgan fingerprint density at radius 2 is 1.75 bits per heavy atom. The summed E-state index contributed by atoms with van der Waals surface area (Å²) < 4.78 is 5.46. The van der Waals surface area contributed by atoms with Gasteiger partial charge in [0.25, 0.3) is 0 Å². The van der Waals surface area contributed by atoms with Crippen LogP contribution in [0.25, 0.3) is 0 Å². The number of alkyl halides is 1. The van der Waals surface area contributed by atoms with Crippen molar-refractivity contribution >= 4 is 22.0 Å². The number of rotatable bonds is 0. The zero-order valence-electron chi connectivity index (χ0n) is 10.2. The molecule has 0 aromatic rings. The molecule has 3 nitrogen and oxygen atoms in total. The van der Waals surface area contributed by atoms with E-state index in [2.05, 4.69) is 15.9 Å². The molecular weight excluding hydrogens is 270 g/mol. The minimum Gasteiger partial charge on any atom is -0.444 e. The molecule has 0 radical (unpaired) electrons. The van der Waals surface area contributed by atoms with E-state index in [1.54, 1.807) is 0 Å². The van der Waals surface area contributed by atoms with Gasteiger partial charge >= 0.3 is 6.09 Å². The van der Waals surface area contributed by atoms with Gasteiger partial charge in [-0.15, -0.1) is 0 Å². The van der Waals surface area contributed by atoms with Gasteiger partial charge in [0.15, 0.2) is 0 Å². The van der Waals surface area contributed by atoms with Gasteiger partial charge in [-0.2, -0.15) is 0 Å². The summed E-state index contributed by atoms with van der Waals surface area (Å²) in [7, 11) is 0. The van der Waals surface area contributed by atoms with Gasteiger partial charge in [-0.05, 0) is 46.5 Å². The third kappa shape index (κ3) is 2.53. The number of carbonyl (C=O) groups excluding carboxylic acids is 1. The van der Waals surface area contributed by atoms with Crippen LogP contribution < -0.4 is 0 Å². The predicted octanol–water partition coefficient (Wildman–Crippen LogP) is 3.31. The summed E-state index contributed by atoms with van der Waals surface area (Å²) in [5, 5.41) is 0. The first-order valence-electron chi connectivity index (χ1n) is 6.02. The van der Waals surface area contributed by atoms with Crippen LogP contribution in [0.3, 0.4) is 0 Å². The third-order valence-corrected chi connectivity index (χ3v) is 4.03. The molecule has 0 N–H and O–H groups in total. The number of nitrogens with zero attached hydrogens (tertiary/aromatic N) is 1. The largest absolute Gasteiger partial charge is 0.444 e. The van der Waals surface area contributed by atoms with Crippen molar-refractivity contribution in [1.82, 2.24) is 4.90 Å². The number of ether oxygens (including phenoxy) is 1. The van der Waals surface area contributed by atoms with E-state index >= 15 is 0 Å². The second-order valence-electron chi connectivity index (χ2n) is 5.84. The maximum absolute atomic E-state index is 12.1. The highest BCUT2D eigenvalue weighted by Crippen LogP contribution is 2.39. The topological polar surface area (TPSA) is 29.5 Å². The van der Waals surface area contributed by atoms with Crippen molar-refractivity contribution in [1.29, 1.82) is 0 Å². The van der Waals surface area contributed by atoms with Crippen LogP contribution in [0.15, 0.2) is 0 Å². The monoisotopic (exact) mass is 289 g/mol. The van der Waals surface area contributed by atoms with Gasteiger partial charge in [-0.3, -0.25) is 0 Å². The van der Waals surface area contributed by atoms with E-state index in [9.17, 15) is 4.79 Å². The Morgan fingerprint density at radius 1 is 1.25 bits per heavy atom. The Kier molecular flexibility index (Phi) is 3.21. The molecule has 2 bridgehead atoms. The van der Waals surface area contributed by atoms with Gasteiger partial charge in [0, 0.05) is 16.9 Å². The molecule has 2 unspecified atom stereocenters. The lowest BCUT2D eigenvalue weighted by molar-refractivity contribution is 0.00859. The van der Waals surface area contributed by atoms with Gasteiger partial charge in [0.05, 0.1) is 0 Å². The maximum atomic E-state index is 12.1. The zero-order valence-corrected chi connectivity index (χ0v) is 11.8. The number of carbonyl (C=O) groups is 1. The predicted molar refractivity (Wildman–Crippen MR) is 66.8 cm³/mol. The Labute approximate surface area is 106 Å². The number of fused-ring (bicyclic) bond motifs is 2. The van der Waals surface area contributed by atoms with E-state index in [1.807, 2.05) is 25.7 Å². The van der Waals surface area contributed by atoms with Crippen LogP contribution in [0.2, 0.25) is 0 Å². The molecule has 0 saturated carbocycles. The fourth-order valence-electron chi connectivity index (χ4n) is 2.72. The average molecular weight is 290 g/mol. The first-order chi connectivity index (χ1) is 7.37. The van der Waals surface area contributed by atoms with Gasteiger partial charge < -0.3 is 9.64 Å². The number of halogens is 1. The maximum Gasteiger partial charge on any atom is 0.410 e. The molecule has 0 spiro atoms. The molecule has 1 amide bonds. The molecule has 2 saturated heterocycles. The van der Waals surface area contributed by atoms with Crippen LogP contribution in [0.1, 0.15) is 46.5 Å². The number of amides is 1. The molecule has 92 valence electrons. The van der Waals surface area contributed by atoms with Crippen LogP contribution in [-0.4, -0.2) is 33.5 Å². The summed E-state index contributed by atoms with van der Waals surface area (Å²) in [6.45, 7) is 5.76. The van der Waals surface area contributed by atoms with E-state index in [1.165, 1.54) is 0 Å². The molecule has 2 aliphatic heterocycles. The SMILES string of the molecule is CC(C)(C)OC(=O)N1C2CCC1CC(Br)C2. The van der Waals surface area contributed by atoms with Crippen molar-refractivity contribution in [2.45, 2.75) is 69.0 Å². The van der Waals surface area contributed by atoms with Crippen molar-refractivity contribution in [2.24, 2.45) is 0 Å². The van der Waals surface area contributed by atoms with Crippen molar-refractivity contribution in [3.63, 3.8) is 0 Å². The summed E-state index contributed by atoms with van der Waals surface area (Å²) >= 11 is 3.67. The van der Waals surface area contributed by atoms with Gasteiger partial charge in [-0.25, -0.2) is 4.79 Å². The molecule has 0 aromatic carbocycles. The minimum atomic E-state index is -0.387. The fraction of sp³-hybridized carbons (Fsp3) is 0.917. The Bertz CT molecular complexity index is 273. The Balaban J connectivity index is 2.03. The lowest BCUT2D eigenvalue weighted by Crippen LogP contribution is -2.48. The number of hydrogen-bond acceptors (Lipinski definition) is 2. The summed E-state index contributed by atoms with van der Waals surface area (Å²) in [5.41, 5.74) is -0.387. The van der Waals surface area contributed by atoms with Crippen LogP contribution in [0, 0.1) is 0 Å². The summed E-state index contributed by atoms with van der Waals surface area (Å²) in [6, 6.07) is 0.774. The van der Waals surface area contributed by atoms with E-state index in [0.29, 0.717) is 16.9 Å². The lowest BCUT2D eigenvalue weighted by atomic mass is 10.0. The van der Waals surface area contributed by atoms with Crippen molar-refractivity contribution in [3.8, 4) is 0 Å². The van der Waals surface area contributed by atoms with Gasteiger partial charge in [0.1, 0.15) is 5.60 Å². The number of piperidine rings is 1. The quantitative estimate of drug-likeness (QED) is 0.641. The molecular formula is C12H20BrNO2. The second kappa shape index (κ2) is 4.21. The van der Waals surface area contributed by atoms with E-state index in [0.717, 1.165) is 25.7 Å². The standard InChI is InChI=1S/C12H20BrNO2/c1-12(2,3)16-11(15)14-9-4-5-10(14)7-8(13)6-9/h8-10H,4-7H2,1-3H3. The molecule has 2 fully saturated rings. The van der Waals surface area contributed by atoms with Crippen LogP contribution in [0.4, 0.5) is 4.79 Å². The lowest BCUT2D eigenvalue weighted by Gasteiger charge is -2.37. The van der Waals surface area contributed by atoms with Crippen molar-refractivity contribution in [3.05, 3.63) is 0 Å². The molecule has 2 atom stereocenters. The number of hydrogen-bond donors (Lipinski definition) is 0. The van der Waals surface area contributed by atoms with Crippen molar-refractivity contribution in [2.75, 3.05) is 0 Å². The van der Waals surface area contributed by atoms with Crippen LogP contribution >= 0.6 is 15.9 Å². The molecule has 2 rings (SSSR count). The molecule has 4 heteroatoms. The van der Waals surface area contributed by atoms with Gasteiger partial charge in [-0.1, -0.05) is 15.9 Å². The Hall–Kier alpha value is -0.250. The second-order valence-corrected chi connectivity index (χ2v) is 7.14. The summed E-state index contributed by atoms with van der Waals surface area (Å²) in [5.74, 6) is 0. The van der Waals surface area contributed by atoms with Crippen LogP contribution in [-0.2, 0) is 4.74 Å². The van der Waals surface area contributed by atoms with Gasteiger partial charge in [0.2, 0.25) is 0 Å². The fourth-order valence-corrected chi connectivity index (χ4v) is 3.59. The summed E-state index contributed by atoms with van der Waals surface area (Å²) in [6.07, 6.45) is 4.27. The molecule has 2 heterocycles. The average Bonchev–Trinajstić information content (AvgIpc) is 2.36. The smallest absolute Gasteiger partial charge is 0.410 e. The first kappa shape index (κ1) is 12.2. The highest BCUT2D eigenvalue weighted by Gasteiger charge is 2.44. The minimum absolute atomic E-state index is 0.126. The van der Waals surface area contributed by atoms with Crippen molar-refractivity contribution < 1.29 is 9.53 Å². The van der Waals surface area contributed by atoms with E-state index in [-0.39, 0.29) is 11.7 Å². The molecule has 0 aliphatic carbocycles. The van der Waals surface area contributed by atoms with E-state index in [4.69, 9.17) is 4.74 Å². The normalized spacial score (nSPS) is 34.0. The first-order valence-corrected chi connectivity index (χ1v) is 6.94. The van der Waals surface area contributed by atoms with E-state index < -0.39 is 0 Å².